The molecule has 0 aromatic heterocycles. The summed E-state index contributed by atoms with van der Waals surface area (Å²) >= 11 is 0. The van der Waals surface area contributed by atoms with E-state index in [1.165, 1.54) is 5.56 Å². The van der Waals surface area contributed by atoms with Gasteiger partial charge in [-0.3, -0.25) is 0 Å². The van der Waals surface area contributed by atoms with Crippen LogP contribution in [-0.2, 0) is 6.42 Å². The van der Waals surface area contributed by atoms with Crippen molar-refractivity contribution in [1.82, 2.24) is 5.32 Å². The van der Waals surface area contributed by atoms with E-state index in [0.717, 1.165) is 17.9 Å². The first-order valence-electron chi connectivity index (χ1n) is 8.51. The molecule has 1 N–H and O–H groups in total. The Hall–Kier alpha value is -0.701. The van der Waals surface area contributed by atoms with Crippen molar-refractivity contribution in [2.75, 3.05) is 0 Å². The monoisotopic (exact) mass is 303 g/mol. The van der Waals surface area contributed by atoms with Gasteiger partial charge in [-0.2, -0.15) is 0 Å². The lowest BCUT2D eigenvalue weighted by atomic mass is 9.26. The van der Waals surface area contributed by atoms with Gasteiger partial charge in [0.1, 0.15) is 23.5 Å². The van der Waals surface area contributed by atoms with Gasteiger partial charge in [0.05, 0.1) is 23.5 Å². The highest BCUT2D eigenvalue weighted by atomic mass is 16.7. The van der Waals surface area contributed by atoms with E-state index in [4.69, 9.17) is 9.47 Å². The molecule has 3 nitrogen and oxygen atoms in total. The van der Waals surface area contributed by atoms with Gasteiger partial charge in [0.2, 0.25) is 0 Å². The molecule has 0 saturated heterocycles. The quantitative estimate of drug-likeness (QED) is 0.549. The van der Waals surface area contributed by atoms with Crippen molar-refractivity contribution in [2.24, 2.45) is 0 Å². The van der Waals surface area contributed by atoms with E-state index in [0.29, 0.717) is 0 Å². The molecule has 1 aromatic carbocycles. The average molecular weight is 302 g/mol. The second-order valence-electron chi connectivity index (χ2n) is 9.45. The lowest BCUT2D eigenvalue weighted by Crippen LogP contribution is -2.65. The first kappa shape index (κ1) is 18.6. The summed E-state index contributed by atoms with van der Waals surface area (Å²) in [4.78, 5) is 0. The van der Waals surface area contributed by atoms with Gasteiger partial charge in [-0.15, -0.1) is 5.11 Å². The summed E-state index contributed by atoms with van der Waals surface area (Å²) in [6.07, 6.45) is 0.934. The van der Waals surface area contributed by atoms with Crippen LogP contribution in [0.1, 0.15) is 12.5 Å². The molecule has 1 atom stereocenters. The fraction of sp³-hybridized carbons (Fsp3) is 0.500. The van der Waals surface area contributed by atoms with Crippen LogP contribution in [-0.4, -0.2) is 79.1 Å². The van der Waals surface area contributed by atoms with Crippen LogP contribution in [0.4, 0.5) is 0 Å². The fourth-order valence-electron chi connectivity index (χ4n) is 2.96. The molecule has 0 saturated carbocycles. The molecule has 0 fully saturated rings. The normalized spacial score (nSPS) is 19.2. The van der Waals surface area contributed by atoms with Crippen LogP contribution in [0.3, 0.4) is 0 Å². The molecule has 2 rings (SSSR count). The van der Waals surface area contributed by atoms with Crippen molar-refractivity contribution in [1.29, 1.82) is 0 Å². The van der Waals surface area contributed by atoms with Gasteiger partial charge < -0.3 is 14.8 Å². The first-order chi connectivity index (χ1) is 10.2. The summed E-state index contributed by atoms with van der Waals surface area (Å²) in [5, 5.41) is 4.05. The lowest BCUT2D eigenvalue weighted by molar-refractivity contribution is 0.0833. The maximum absolute atomic E-state index is 5.86. The smallest absolute Gasteiger partial charge is 0.197 e. The summed E-state index contributed by atoms with van der Waals surface area (Å²) in [5.41, 5.74) is 0.676. The van der Waals surface area contributed by atoms with Crippen LogP contribution < -0.4 is 14.8 Å². The number of benzene rings is 1. The van der Waals surface area contributed by atoms with Crippen LogP contribution in [0.15, 0.2) is 18.2 Å². The Morgan fingerprint density at radius 1 is 1.00 bits per heavy atom. The standard InChI is InChI=1S/C12H25B8NO2/c1-9(13,21-11(17,18)10(14,15)16)5-6-2-3-7-8(4-6)23-12(19,20)22-7/h2-4,21H,5,13-20H2,1H3. The summed E-state index contributed by atoms with van der Waals surface area (Å²) in [5.74, 6) is 1.68. The Morgan fingerprint density at radius 2 is 1.57 bits per heavy atom. The van der Waals surface area contributed by atoms with E-state index in [9.17, 15) is 0 Å². The molecule has 0 spiro atoms. The highest BCUT2D eigenvalue weighted by molar-refractivity contribution is 6.67. The number of rotatable bonds is 5. The molecule has 1 aromatic rings. The first-order valence-corrected chi connectivity index (χ1v) is 8.51. The molecule has 1 aliphatic heterocycles. The molecule has 23 heavy (non-hydrogen) atoms. The Morgan fingerprint density at radius 3 is 2.13 bits per heavy atom. The van der Waals surface area contributed by atoms with Crippen molar-refractivity contribution < 1.29 is 9.47 Å². The van der Waals surface area contributed by atoms with Crippen molar-refractivity contribution >= 4 is 62.8 Å². The van der Waals surface area contributed by atoms with Crippen molar-refractivity contribution in [3.05, 3.63) is 23.8 Å². The van der Waals surface area contributed by atoms with Crippen molar-refractivity contribution in [2.45, 2.75) is 34.8 Å². The van der Waals surface area contributed by atoms with E-state index < -0.39 is 5.59 Å². The van der Waals surface area contributed by atoms with Crippen LogP contribution >= 0.6 is 0 Å². The van der Waals surface area contributed by atoms with E-state index in [1.807, 2.05) is 21.8 Å². The van der Waals surface area contributed by atoms with E-state index in [-0.39, 0.29) is 15.9 Å². The summed E-state index contributed by atoms with van der Waals surface area (Å²) in [6.45, 7) is 2.26. The summed E-state index contributed by atoms with van der Waals surface area (Å²) in [6, 6.07) is 6.26. The molecular weight excluding hydrogens is 277 g/mol. The number of hydrogen-bond acceptors (Lipinski definition) is 3. The zero-order valence-corrected chi connectivity index (χ0v) is 16.3. The van der Waals surface area contributed by atoms with E-state index in [1.54, 1.807) is 0 Å². The fourth-order valence-corrected chi connectivity index (χ4v) is 2.96. The molecule has 0 amide bonds. The minimum Gasteiger partial charge on any atom is -0.467 e. The summed E-state index contributed by atoms with van der Waals surface area (Å²) in [7, 11) is 17.5. The molecule has 0 aliphatic carbocycles. The van der Waals surface area contributed by atoms with E-state index >= 15 is 0 Å². The van der Waals surface area contributed by atoms with Crippen molar-refractivity contribution in [3.8, 4) is 11.5 Å². The van der Waals surface area contributed by atoms with Gasteiger partial charge in [0.15, 0.2) is 32.8 Å². The highest BCUT2D eigenvalue weighted by Crippen LogP contribution is 2.38. The Bertz CT molecular complexity index is 599. The minimum atomic E-state index is -0.567. The van der Waals surface area contributed by atoms with Crippen LogP contribution in [0.2, 0.25) is 5.11 Å². The summed E-state index contributed by atoms with van der Waals surface area (Å²) < 4.78 is 11.6. The maximum Gasteiger partial charge on any atom is 0.197 e. The molecule has 1 aliphatic rings. The van der Waals surface area contributed by atoms with Gasteiger partial charge in [-0.05, 0) is 29.6 Å². The molecule has 0 radical (unpaired) electrons. The lowest BCUT2D eigenvalue weighted by Gasteiger charge is -2.47. The van der Waals surface area contributed by atoms with Gasteiger partial charge in [0, 0.05) is 0 Å². The molecule has 11 heteroatoms. The van der Waals surface area contributed by atoms with Crippen molar-refractivity contribution in [3.63, 3.8) is 0 Å². The maximum atomic E-state index is 5.86. The number of fused-ring (bicyclic) bond motifs is 1. The topological polar surface area (TPSA) is 30.5 Å². The number of nitrogens with one attached hydrogen (secondary N) is 1. The van der Waals surface area contributed by atoms with Crippen LogP contribution in [0.25, 0.3) is 0 Å². The minimum absolute atomic E-state index is 0.0139. The molecule has 1 heterocycles. The zero-order chi connectivity index (χ0) is 17.7. The molecule has 1 unspecified atom stereocenters. The van der Waals surface area contributed by atoms with Gasteiger partial charge >= 0.3 is 0 Å². The Balaban J connectivity index is 2.13. The molecule has 0 bridgehead atoms. The highest BCUT2D eigenvalue weighted by Gasteiger charge is 2.37. The number of ether oxygens (including phenoxy) is 2. The molecular formula is C12H25B8NO2. The third kappa shape index (κ3) is 4.43. The SMILES string of the molecule is BC(C)(Cc1ccc2c(c1)OC(B)(B)O2)NC(B)(B)C(B)(B)B. The van der Waals surface area contributed by atoms with Crippen LogP contribution in [0.5, 0.6) is 11.5 Å². The second-order valence-corrected chi connectivity index (χ2v) is 9.45. The second kappa shape index (κ2) is 5.68. The molecule has 114 valence electrons. The Kier molecular flexibility index (Phi) is 4.60. The predicted octanol–water partition coefficient (Wildman–Crippen LogP) is -6.29. The third-order valence-corrected chi connectivity index (χ3v) is 4.89. The Labute approximate surface area is 148 Å². The third-order valence-electron chi connectivity index (χ3n) is 4.89. The predicted molar refractivity (Wildman–Crippen MR) is 119 cm³/mol. The largest absolute Gasteiger partial charge is 0.467 e. The zero-order valence-electron chi connectivity index (χ0n) is 16.3. The van der Waals surface area contributed by atoms with Gasteiger partial charge in [0.25, 0.3) is 0 Å². The average Bonchev–Trinajstić information content (AvgIpc) is 2.58. The number of hydrogen-bond donors (Lipinski definition) is 1. The van der Waals surface area contributed by atoms with Gasteiger partial charge in [-0.25, -0.2) is 0 Å². The van der Waals surface area contributed by atoms with Crippen LogP contribution in [0, 0.1) is 0 Å². The van der Waals surface area contributed by atoms with Gasteiger partial charge in [-0.1, -0.05) is 18.3 Å². The van der Waals surface area contributed by atoms with E-state index in [2.05, 4.69) is 71.5 Å².